The molecule has 0 aromatic heterocycles. The van der Waals surface area contributed by atoms with E-state index in [4.69, 9.17) is 5.26 Å². The van der Waals surface area contributed by atoms with Crippen LogP contribution in [0.3, 0.4) is 0 Å². The lowest BCUT2D eigenvalue weighted by Crippen LogP contribution is -2.34. The zero-order chi connectivity index (χ0) is 16.2. The summed E-state index contributed by atoms with van der Waals surface area (Å²) in [7, 11) is -3.63. The van der Waals surface area contributed by atoms with Gasteiger partial charge in [0.1, 0.15) is 0 Å². The summed E-state index contributed by atoms with van der Waals surface area (Å²) in [6, 6.07) is 7.79. The number of amides is 1. The van der Waals surface area contributed by atoms with E-state index in [1.54, 1.807) is 0 Å². The maximum atomic E-state index is 12.0. The van der Waals surface area contributed by atoms with E-state index in [2.05, 4.69) is 10.0 Å². The molecule has 1 aliphatic rings. The van der Waals surface area contributed by atoms with Gasteiger partial charge in [-0.2, -0.15) is 5.26 Å². The number of carbonyl (C=O) groups excluding carboxylic acids is 1. The lowest BCUT2D eigenvalue weighted by Gasteiger charge is -2.13. The van der Waals surface area contributed by atoms with Crippen molar-refractivity contribution in [3.05, 3.63) is 29.8 Å². The second-order valence-corrected chi connectivity index (χ2v) is 7.20. The number of rotatable bonds is 7. The highest BCUT2D eigenvalue weighted by Gasteiger charge is 2.29. The summed E-state index contributed by atoms with van der Waals surface area (Å²) in [6.07, 6.45) is 2.40. The van der Waals surface area contributed by atoms with E-state index in [0.29, 0.717) is 11.5 Å². The van der Waals surface area contributed by atoms with Gasteiger partial charge in [0, 0.05) is 24.6 Å². The summed E-state index contributed by atoms with van der Waals surface area (Å²) in [4.78, 5) is 12.1. The summed E-state index contributed by atoms with van der Waals surface area (Å²) >= 11 is 0. The molecule has 0 radical (unpaired) electrons. The van der Waals surface area contributed by atoms with Crippen LogP contribution in [0.2, 0.25) is 0 Å². The standard InChI is InChI=1S/C15H19N3O3S/c1-11(12-3-4-12)18-15(19)13-5-7-14(8-6-13)22(20,21)17-10-2-9-16/h5-8,11-12,17H,2-4,10H2,1H3,(H,18,19)/t11-/m0/s1. The lowest BCUT2D eigenvalue weighted by atomic mass is 10.1. The van der Waals surface area contributed by atoms with E-state index in [9.17, 15) is 13.2 Å². The molecule has 0 spiro atoms. The number of benzene rings is 1. The molecule has 2 rings (SSSR count). The first-order valence-electron chi connectivity index (χ1n) is 7.21. The number of sulfonamides is 1. The molecule has 1 aromatic carbocycles. The number of hydrogen-bond acceptors (Lipinski definition) is 4. The van der Waals surface area contributed by atoms with Crippen LogP contribution in [0.4, 0.5) is 0 Å². The molecular formula is C15H19N3O3S. The van der Waals surface area contributed by atoms with E-state index in [1.807, 2.05) is 13.0 Å². The van der Waals surface area contributed by atoms with E-state index in [0.717, 1.165) is 12.8 Å². The zero-order valence-electron chi connectivity index (χ0n) is 12.4. The topological polar surface area (TPSA) is 99.1 Å². The van der Waals surface area contributed by atoms with Crippen LogP contribution in [0.5, 0.6) is 0 Å². The Morgan fingerprint density at radius 3 is 2.55 bits per heavy atom. The largest absolute Gasteiger partial charge is 0.349 e. The Balaban J connectivity index is 2.00. The second kappa shape index (κ2) is 6.90. The van der Waals surface area contributed by atoms with Crippen LogP contribution in [-0.2, 0) is 10.0 Å². The van der Waals surface area contributed by atoms with Gasteiger partial charge in [-0.3, -0.25) is 4.79 Å². The summed E-state index contributed by atoms with van der Waals surface area (Å²) in [5, 5.41) is 11.3. The lowest BCUT2D eigenvalue weighted by molar-refractivity contribution is 0.0935. The van der Waals surface area contributed by atoms with Crippen LogP contribution in [0.25, 0.3) is 0 Å². The first kappa shape index (κ1) is 16.5. The minimum Gasteiger partial charge on any atom is -0.349 e. The Morgan fingerprint density at radius 1 is 1.36 bits per heavy atom. The molecule has 0 bridgehead atoms. The first-order valence-corrected chi connectivity index (χ1v) is 8.70. The van der Waals surface area contributed by atoms with Crippen molar-refractivity contribution in [1.29, 1.82) is 5.26 Å². The first-order chi connectivity index (χ1) is 10.4. The van der Waals surface area contributed by atoms with E-state index in [-0.39, 0.29) is 29.8 Å². The fourth-order valence-corrected chi connectivity index (χ4v) is 3.15. The van der Waals surface area contributed by atoms with Crippen LogP contribution in [0.15, 0.2) is 29.2 Å². The molecule has 1 fully saturated rings. The van der Waals surface area contributed by atoms with Crippen molar-refractivity contribution in [3.63, 3.8) is 0 Å². The SMILES string of the molecule is C[C@H](NC(=O)c1ccc(S(=O)(=O)NCCC#N)cc1)C1CC1. The van der Waals surface area contributed by atoms with Crippen molar-refractivity contribution < 1.29 is 13.2 Å². The van der Waals surface area contributed by atoms with Gasteiger partial charge in [-0.1, -0.05) is 0 Å². The van der Waals surface area contributed by atoms with E-state index >= 15 is 0 Å². The van der Waals surface area contributed by atoms with Crippen LogP contribution in [0.1, 0.15) is 36.5 Å². The van der Waals surface area contributed by atoms with E-state index in [1.165, 1.54) is 24.3 Å². The Morgan fingerprint density at radius 2 is 2.00 bits per heavy atom. The normalized spacial score (nSPS) is 15.8. The van der Waals surface area contributed by atoms with E-state index < -0.39 is 10.0 Å². The Labute approximate surface area is 130 Å². The average molecular weight is 321 g/mol. The highest BCUT2D eigenvalue weighted by Crippen LogP contribution is 2.32. The molecule has 1 atom stereocenters. The molecule has 7 heteroatoms. The van der Waals surface area contributed by atoms with Gasteiger partial charge in [-0.05, 0) is 49.9 Å². The summed E-state index contributed by atoms with van der Waals surface area (Å²) < 4.78 is 26.2. The Bertz CT molecular complexity index is 673. The third-order valence-electron chi connectivity index (χ3n) is 3.64. The third-order valence-corrected chi connectivity index (χ3v) is 5.12. The Hall–Kier alpha value is -1.91. The van der Waals surface area contributed by atoms with Crippen molar-refractivity contribution in [2.24, 2.45) is 5.92 Å². The van der Waals surface area contributed by atoms with Crippen molar-refractivity contribution >= 4 is 15.9 Å². The number of nitriles is 1. The molecule has 118 valence electrons. The minimum atomic E-state index is -3.63. The van der Waals surface area contributed by atoms with Gasteiger partial charge in [0.25, 0.3) is 5.91 Å². The van der Waals surface area contributed by atoms with Crippen molar-refractivity contribution in [1.82, 2.24) is 10.0 Å². The zero-order valence-corrected chi connectivity index (χ0v) is 13.2. The van der Waals surface area contributed by atoms with Crippen molar-refractivity contribution in [3.8, 4) is 6.07 Å². The van der Waals surface area contributed by atoms with Crippen molar-refractivity contribution in [2.75, 3.05) is 6.54 Å². The van der Waals surface area contributed by atoms with Gasteiger partial charge < -0.3 is 5.32 Å². The average Bonchev–Trinajstić information content (AvgIpc) is 3.32. The monoisotopic (exact) mass is 321 g/mol. The molecule has 0 unspecified atom stereocenters. The molecule has 22 heavy (non-hydrogen) atoms. The van der Waals surface area contributed by atoms with Crippen LogP contribution < -0.4 is 10.0 Å². The summed E-state index contributed by atoms with van der Waals surface area (Å²) in [6.45, 7) is 2.05. The van der Waals surface area contributed by atoms with Crippen molar-refractivity contribution in [2.45, 2.75) is 37.1 Å². The molecule has 2 N–H and O–H groups in total. The summed E-state index contributed by atoms with van der Waals surface area (Å²) in [5.74, 6) is 0.369. The van der Waals surface area contributed by atoms with Crippen LogP contribution >= 0.6 is 0 Å². The molecule has 1 saturated carbocycles. The molecule has 0 heterocycles. The highest BCUT2D eigenvalue weighted by atomic mass is 32.2. The van der Waals surface area contributed by atoms with Crippen LogP contribution in [-0.4, -0.2) is 26.9 Å². The second-order valence-electron chi connectivity index (χ2n) is 5.43. The molecular weight excluding hydrogens is 302 g/mol. The fourth-order valence-electron chi connectivity index (χ4n) is 2.11. The molecule has 1 aromatic rings. The third kappa shape index (κ3) is 4.29. The van der Waals surface area contributed by atoms with Gasteiger partial charge in [0.05, 0.1) is 11.0 Å². The fraction of sp³-hybridized carbons (Fsp3) is 0.467. The smallest absolute Gasteiger partial charge is 0.251 e. The van der Waals surface area contributed by atoms with Gasteiger partial charge in [0.15, 0.2) is 0 Å². The van der Waals surface area contributed by atoms with Gasteiger partial charge in [0.2, 0.25) is 10.0 Å². The quantitative estimate of drug-likeness (QED) is 0.742. The maximum Gasteiger partial charge on any atom is 0.251 e. The van der Waals surface area contributed by atoms with Gasteiger partial charge in [-0.25, -0.2) is 13.1 Å². The molecule has 0 aliphatic heterocycles. The predicted molar refractivity (Wildman–Crippen MR) is 81.5 cm³/mol. The molecule has 6 nitrogen and oxygen atoms in total. The molecule has 0 saturated heterocycles. The summed E-state index contributed by atoms with van der Waals surface area (Å²) in [5.41, 5.74) is 0.434. The number of carbonyl (C=O) groups is 1. The maximum absolute atomic E-state index is 12.0. The predicted octanol–water partition coefficient (Wildman–Crippen LogP) is 1.41. The Kier molecular flexibility index (Phi) is 5.16. The molecule has 1 amide bonds. The highest BCUT2D eigenvalue weighted by molar-refractivity contribution is 7.89. The number of nitrogens with one attached hydrogen (secondary N) is 2. The number of hydrogen-bond donors (Lipinski definition) is 2. The number of nitrogens with zero attached hydrogens (tertiary/aromatic N) is 1. The minimum absolute atomic E-state index is 0.0694. The molecule has 1 aliphatic carbocycles. The van der Waals surface area contributed by atoms with Gasteiger partial charge >= 0.3 is 0 Å². The van der Waals surface area contributed by atoms with Crippen LogP contribution in [0, 0.1) is 17.2 Å². The van der Waals surface area contributed by atoms with Gasteiger partial charge in [-0.15, -0.1) is 0 Å².